The number of esters is 4. The Morgan fingerprint density at radius 3 is 0.677 bits per heavy atom. The quantitative estimate of drug-likeness (QED) is 0.0875. The van der Waals surface area contributed by atoms with E-state index in [2.05, 4.69) is 55.4 Å². The highest BCUT2D eigenvalue weighted by atomic mass is 16.7. The van der Waals surface area contributed by atoms with Gasteiger partial charge in [0, 0.05) is 73.4 Å². The summed E-state index contributed by atoms with van der Waals surface area (Å²) in [5, 5.41) is 7.72. The largest absolute Gasteiger partial charge is 0.465 e. The smallest absolute Gasteiger partial charge is 0.306 e. The van der Waals surface area contributed by atoms with E-state index in [1.807, 2.05) is 75.6 Å². The molecule has 0 aliphatic carbocycles. The van der Waals surface area contributed by atoms with Gasteiger partial charge in [-0.15, -0.1) is 0 Å². The number of hydrogen-bond donors (Lipinski definition) is 0. The molecular weight excluding hydrogens is 837 g/mol. The third kappa shape index (κ3) is 11.5. The molecule has 16 nitrogen and oxygen atoms in total. The Kier molecular flexibility index (Phi) is 16.6. The molecule has 65 heavy (non-hydrogen) atoms. The first kappa shape index (κ1) is 55.2. The van der Waals surface area contributed by atoms with Gasteiger partial charge in [0.1, 0.15) is 0 Å². The molecule has 0 bridgehead atoms. The molecule has 4 fully saturated rings. The Bertz CT molecular complexity index is 1460. The van der Waals surface area contributed by atoms with Crippen molar-refractivity contribution >= 4 is 23.9 Å². The molecule has 0 aromatic heterocycles. The molecule has 0 aromatic carbocycles. The van der Waals surface area contributed by atoms with E-state index in [9.17, 15) is 19.2 Å². The normalized spacial score (nSPS) is 29.6. The molecule has 376 valence electrons. The Morgan fingerprint density at radius 1 is 0.369 bits per heavy atom. The fraction of sp³-hybridized carbons (Fsp3) is 0.918. The van der Waals surface area contributed by atoms with Crippen LogP contribution in [-0.4, -0.2) is 143 Å². The Morgan fingerprint density at radius 2 is 0.538 bits per heavy atom. The van der Waals surface area contributed by atoms with Crippen molar-refractivity contribution in [3.8, 4) is 0 Å². The lowest BCUT2D eigenvalue weighted by Gasteiger charge is -2.39. The van der Waals surface area contributed by atoms with Crippen LogP contribution >= 0.6 is 0 Å². The average Bonchev–Trinajstić information content (AvgIpc) is 3.62. The lowest BCUT2D eigenvalue weighted by Crippen LogP contribution is -2.49. The zero-order valence-electron chi connectivity index (χ0n) is 44.0. The Balaban J connectivity index is 1.66. The predicted molar refractivity (Wildman–Crippen MR) is 245 cm³/mol. The van der Waals surface area contributed by atoms with Crippen molar-refractivity contribution < 1.29 is 57.5 Å². The molecule has 0 spiro atoms. The van der Waals surface area contributed by atoms with E-state index in [1.54, 1.807) is 28.4 Å². The van der Waals surface area contributed by atoms with Crippen molar-refractivity contribution in [2.45, 2.75) is 206 Å². The van der Waals surface area contributed by atoms with E-state index in [1.165, 1.54) is 0 Å². The van der Waals surface area contributed by atoms with Crippen LogP contribution in [0, 0.1) is 29.1 Å². The van der Waals surface area contributed by atoms with Crippen LogP contribution in [0.1, 0.15) is 162 Å². The minimum Gasteiger partial charge on any atom is -0.465 e. The fourth-order valence-corrected chi connectivity index (χ4v) is 13.1. The summed E-state index contributed by atoms with van der Waals surface area (Å²) in [5.74, 6) is -3.00. The number of hydrogen-bond acceptors (Lipinski definition) is 16. The molecule has 0 aromatic rings. The van der Waals surface area contributed by atoms with Gasteiger partial charge in [-0.1, -0.05) is 0 Å². The predicted octanol–water partition coefficient (Wildman–Crippen LogP) is 7.47. The molecule has 0 saturated carbocycles. The molecular formula is C49H88N4O12. The maximum Gasteiger partial charge on any atom is 0.306 e. The van der Waals surface area contributed by atoms with Crippen molar-refractivity contribution in [3.05, 3.63) is 0 Å². The van der Waals surface area contributed by atoms with Crippen LogP contribution in [0.25, 0.3) is 0 Å². The van der Waals surface area contributed by atoms with Gasteiger partial charge in [0.15, 0.2) is 0 Å². The van der Waals surface area contributed by atoms with Gasteiger partial charge in [-0.3, -0.25) is 19.2 Å². The van der Waals surface area contributed by atoms with E-state index in [0.717, 1.165) is 0 Å². The lowest BCUT2D eigenvalue weighted by atomic mass is 9.75. The second-order valence-corrected chi connectivity index (χ2v) is 24.3. The van der Waals surface area contributed by atoms with Gasteiger partial charge in [-0.05, 0) is 136 Å². The number of ether oxygens (including phenoxy) is 4. The lowest BCUT2D eigenvalue weighted by molar-refractivity contribution is -0.225. The second kappa shape index (κ2) is 19.5. The summed E-state index contributed by atoms with van der Waals surface area (Å²) < 4.78 is 24.2. The van der Waals surface area contributed by atoms with Crippen molar-refractivity contribution in [3.63, 3.8) is 0 Å². The number of carbonyl (C=O) groups excluding carboxylic acids is 4. The number of nitrogens with zero attached hydrogens (tertiary/aromatic N) is 4. The average molecular weight is 925 g/mol. The van der Waals surface area contributed by atoms with Gasteiger partial charge in [-0.2, -0.15) is 20.3 Å². The third-order valence-corrected chi connectivity index (χ3v) is 15.9. The number of carbonyl (C=O) groups is 4. The monoisotopic (exact) mass is 925 g/mol. The molecule has 4 atom stereocenters. The van der Waals surface area contributed by atoms with Crippen molar-refractivity contribution in [1.82, 2.24) is 20.3 Å². The van der Waals surface area contributed by atoms with Crippen LogP contribution in [0.2, 0.25) is 0 Å². The molecule has 0 radical (unpaired) electrons. The molecule has 16 heteroatoms. The Labute approximate surface area is 391 Å². The van der Waals surface area contributed by atoms with Gasteiger partial charge in [-0.25, -0.2) is 0 Å². The van der Waals surface area contributed by atoms with E-state index >= 15 is 0 Å². The maximum atomic E-state index is 14.3. The van der Waals surface area contributed by atoms with Crippen molar-refractivity contribution in [2.24, 2.45) is 29.1 Å². The summed E-state index contributed by atoms with van der Waals surface area (Å²) in [6.07, 6.45) is 1.02. The maximum absolute atomic E-state index is 14.3. The number of hydroxylamine groups is 8. The summed E-state index contributed by atoms with van der Waals surface area (Å²) in [4.78, 5) is 80.3. The van der Waals surface area contributed by atoms with Crippen molar-refractivity contribution in [2.75, 3.05) is 54.9 Å². The van der Waals surface area contributed by atoms with Crippen molar-refractivity contribution in [1.29, 1.82) is 0 Å². The first-order valence-electron chi connectivity index (χ1n) is 23.6. The summed E-state index contributed by atoms with van der Waals surface area (Å²) >= 11 is 0. The first-order chi connectivity index (χ1) is 29.6. The summed E-state index contributed by atoms with van der Waals surface area (Å²) in [6, 6.07) is 0. The second-order valence-electron chi connectivity index (χ2n) is 24.3. The van der Waals surface area contributed by atoms with E-state index in [0.29, 0.717) is 25.7 Å². The minimum atomic E-state index is -1.61. The number of rotatable bonds is 20. The van der Waals surface area contributed by atoms with Gasteiger partial charge in [0.2, 0.25) is 0 Å². The SMILES string of the molecule is CON1C(C)(C)CC(COC(=O)CC(CC(=O)OCC2CC(C)(C)N(OC)C2(C)C)(CC(=O)OCC2CC(C)(C)N(OC)C2(C)C)CC(=O)OCC2CC(C)(C)N(OC)C2(C)C)C1(C)C. The zero-order valence-corrected chi connectivity index (χ0v) is 44.0. The Hall–Kier alpha value is -2.44. The minimum absolute atomic E-state index is 0.0676. The molecule has 4 saturated heterocycles. The van der Waals surface area contributed by atoms with Gasteiger partial charge < -0.3 is 38.3 Å². The summed E-state index contributed by atoms with van der Waals surface area (Å²) in [7, 11) is 6.54. The first-order valence-corrected chi connectivity index (χ1v) is 23.6. The highest BCUT2D eigenvalue weighted by Crippen LogP contribution is 2.49. The molecule has 4 aliphatic rings. The molecule has 0 N–H and O–H groups in total. The highest BCUT2D eigenvalue weighted by Gasteiger charge is 2.56. The molecule has 4 heterocycles. The third-order valence-electron chi connectivity index (χ3n) is 15.9. The van der Waals surface area contributed by atoms with E-state index < -0.39 is 77.1 Å². The summed E-state index contributed by atoms with van der Waals surface area (Å²) in [6.45, 7) is 33.3. The molecule has 4 rings (SSSR count). The van der Waals surface area contributed by atoms with E-state index in [-0.39, 0.29) is 72.3 Å². The van der Waals surface area contributed by atoms with Crippen LogP contribution in [-0.2, 0) is 57.5 Å². The molecule has 4 aliphatic heterocycles. The fourth-order valence-electron chi connectivity index (χ4n) is 13.1. The topological polar surface area (TPSA) is 155 Å². The van der Waals surface area contributed by atoms with Gasteiger partial charge in [0.25, 0.3) is 0 Å². The zero-order chi connectivity index (χ0) is 49.6. The van der Waals surface area contributed by atoms with Gasteiger partial charge in [0.05, 0.1) is 80.6 Å². The van der Waals surface area contributed by atoms with Gasteiger partial charge >= 0.3 is 23.9 Å². The highest BCUT2D eigenvalue weighted by molar-refractivity contribution is 5.81. The van der Waals surface area contributed by atoms with E-state index in [4.69, 9.17) is 38.3 Å². The standard InChI is InChI=1S/C49H88N4O12/c1-41(2)21-33(45(9,10)50(41)58-17)29-62-37(54)25-49(26-38(55)63-30-34-22-42(3,4)51(59-18)46(34,11)12,27-39(56)64-31-35-23-43(5,6)52(60-19)47(35,13)14)28-40(57)65-32-36-24-44(7,8)53(61-20)48(36,15)16/h33-36H,21-32H2,1-20H3. The van der Waals surface area contributed by atoms with Crippen LogP contribution < -0.4 is 0 Å². The van der Waals surface area contributed by atoms with Crippen LogP contribution in [0.4, 0.5) is 0 Å². The molecule has 4 unspecified atom stereocenters. The molecule has 0 amide bonds. The van der Waals surface area contributed by atoms with Crippen LogP contribution in [0.3, 0.4) is 0 Å². The van der Waals surface area contributed by atoms with Crippen LogP contribution in [0.5, 0.6) is 0 Å². The summed E-state index contributed by atoms with van der Waals surface area (Å²) in [5.41, 5.74) is -4.82. The van der Waals surface area contributed by atoms with Crippen LogP contribution in [0.15, 0.2) is 0 Å².